The van der Waals surface area contributed by atoms with Crippen LogP contribution in [-0.2, 0) is 0 Å². The summed E-state index contributed by atoms with van der Waals surface area (Å²) in [6, 6.07) is 2.88. The second-order valence-corrected chi connectivity index (χ2v) is 4.01. The largest absolute Gasteiger partial charge is 0.465 e. The van der Waals surface area contributed by atoms with E-state index < -0.39 is 12.5 Å². The van der Waals surface area contributed by atoms with Gasteiger partial charge in [0.25, 0.3) is 6.43 Å². The van der Waals surface area contributed by atoms with Crippen LogP contribution >= 0.6 is 0 Å². The minimum Gasteiger partial charge on any atom is -0.465 e. The molecule has 1 aromatic heterocycles. The number of halogens is 2. The number of carboxylic acid groups (broad SMARTS) is 1. The number of carbonyl (C=O) groups is 1. The van der Waals surface area contributed by atoms with Gasteiger partial charge < -0.3 is 14.9 Å². The van der Waals surface area contributed by atoms with E-state index in [2.05, 4.69) is 4.98 Å². The summed E-state index contributed by atoms with van der Waals surface area (Å²) in [7, 11) is 0. The molecule has 7 heteroatoms. The average Bonchev–Trinajstić information content (AvgIpc) is 2.39. The van der Waals surface area contributed by atoms with Crippen LogP contribution in [0.2, 0.25) is 0 Å². The molecule has 1 amide bonds. The van der Waals surface area contributed by atoms with Gasteiger partial charge in [0.05, 0.1) is 0 Å². The molecular formula is C11H13F2N3O2. The van der Waals surface area contributed by atoms with Gasteiger partial charge in [-0.2, -0.15) is 0 Å². The third-order valence-electron chi connectivity index (χ3n) is 2.90. The summed E-state index contributed by atoms with van der Waals surface area (Å²) in [5.74, 6) is 0.601. The van der Waals surface area contributed by atoms with Crippen LogP contribution in [0.4, 0.5) is 19.4 Å². The lowest BCUT2D eigenvalue weighted by Gasteiger charge is -2.33. The number of piperazine rings is 1. The number of nitrogens with zero attached hydrogens (tertiary/aromatic N) is 3. The zero-order chi connectivity index (χ0) is 13.1. The Morgan fingerprint density at radius 1 is 1.28 bits per heavy atom. The van der Waals surface area contributed by atoms with Gasteiger partial charge in [-0.05, 0) is 12.1 Å². The van der Waals surface area contributed by atoms with E-state index in [1.807, 2.05) is 4.90 Å². The van der Waals surface area contributed by atoms with Crippen LogP contribution in [0, 0.1) is 0 Å². The third kappa shape index (κ3) is 2.66. The van der Waals surface area contributed by atoms with Gasteiger partial charge in [-0.25, -0.2) is 18.6 Å². The van der Waals surface area contributed by atoms with E-state index >= 15 is 0 Å². The molecule has 1 fully saturated rings. The highest BCUT2D eigenvalue weighted by Gasteiger charge is 2.21. The highest BCUT2D eigenvalue weighted by atomic mass is 19.3. The highest BCUT2D eigenvalue weighted by molar-refractivity contribution is 5.65. The van der Waals surface area contributed by atoms with E-state index in [9.17, 15) is 13.6 Å². The first-order chi connectivity index (χ1) is 8.58. The topological polar surface area (TPSA) is 56.7 Å². The normalized spacial score (nSPS) is 16.2. The summed E-state index contributed by atoms with van der Waals surface area (Å²) >= 11 is 0. The summed E-state index contributed by atoms with van der Waals surface area (Å²) < 4.78 is 24.7. The third-order valence-corrected chi connectivity index (χ3v) is 2.90. The van der Waals surface area contributed by atoms with Crippen molar-refractivity contribution in [3.05, 3.63) is 23.9 Å². The van der Waals surface area contributed by atoms with Crippen LogP contribution in [0.15, 0.2) is 18.3 Å². The number of amides is 1. The summed E-state index contributed by atoms with van der Waals surface area (Å²) in [5.41, 5.74) is -0.108. The van der Waals surface area contributed by atoms with Gasteiger partial charge in [-0.3, -0.25) is 0 Å². The van der Waals surface area contributed by atoms with Crippen molar-refractivity contribution in [2.45, 2.75) is 6.43 Å². The van der Waals surface area contributed by atoms with Gasteiger partial charge in [0.2, 0.25) is 0 Å². The molecule has 5 nitrogen and oxygen atoms in total. The molecule has 0 spiro atoms. The molecule has 0 saturated carbocycles. The first-order valence-electron chi connectivity index (χ1n) is 5.55. The number of rotatable bonds is 2. The lowest BCUT2D eigenvalue weighted by molar-refractivity contribution is 0.142. The van der Waals surface area contributed by atoms with Crippen molar-refractivity contribution >= 4 is 11.9 Å². The number of aromatic nitrogens is 1. The van der Waals surface area contributed by atoms with Crippen molar-refractivity contribution < 1.29 is 18.7 Å². The predicted molar refractivity (Wildman–Crippen MR) is 61.0 cm³/mol. The Labute approximate surface area is 103 Å². The Morgan fingerprint density at radius 2 is 1.94 bits per heavy atom. The number of pyridine rings is 1. The molecule has 1 N–H and O–H groups in total. The van der Waals surface area contributed by atoms with E-state index in [4.69, 9.17) is 5.11 Å². The first kappa shape index (κ1) is 12.5. The van der Waals surface area contributed by atoms with Crippen LogP contribution in [0.5, 0.6) is 0 Å². The fourth-order valence-corrected chi connectivity index (χ4v) is 1.84. The zero-order valence-electron chi connectivity index (χ0n) is 9.59. The summed E-state index contributed by atoms with van der Waals surface area (Å²) in [6.07, 6.45) is -2.30. The molecule has 0 radical (unpaired) electrons. The van der Waals surface area contributed by atoms with Crippen LogP contribution in [-0.4, -0.2) is 47.3 Å². The number of hydrogen-bond acceptors (Lipinski definition) is 3. The second-order valence-electron chi connectivity index (χ2n) is 4.01. The van der Waals surface area contributed by atoms with Gasteiger partial charge in [0.15, 0.2) is 0 Å². The molecule has 0 aromatic carbocycles. The van der Waals surface area contributed by atoms with Crippen molar-refractivity contribution in [2.24, 2.45) is 0 Å². The molecule has 0 unspecified atom stereocenters. The van der Waals surface area contributed by atoms with Crippen LogP contribution in [0.1, 0.15) is 12.0 Å². The van der Waals surface area contributed by atoms with Gasteiger partial charge in [0, 0.05) is 37.9 Å². The Hall–Kier alpha value is -1.92. The van der Waals surface area contributed by atoms with E-state index in [1.54, 1.807) is 0 Å². The molecule has 0 atom stereocenters. The maximum atomic E-state index is 12.4. The van der Waals surface area contributed by atoms with E-state index in [0.717, 1.165) is 6.20 Å². The Morgan fingerprint density at radius 3 is 2.39 bits per heavy atom. The average molecular weight is 257 g/mol. The second kappa shape index (κ2) is 5.16. The van der Waals surface area contributed by atoms with E-state index in [0.29, 0.717) is 32.0 Å². The molecule has 0 aliphatic carbocycles. The van der Waals surface area contributed by atoms with Crippen molar-refractivity contribution in [1.29, 1.82) is 0 Å². The molecule has 1 aromatic rings. The maximum absolute atomic E-state index is 12.4. The first-order valence-corrected chi connectivity index (χ1v) is 5.55. The summed E-state index contributed by atoms with van der Waals surface area (Å²) in [4.78, 5) is 17.9. The molecule has 2 heterocycles. The molecule has 98 valence electrons. The summed E-state index contributed by atoms with van der Waals surface area (Å²) in [5, 5.41) is 8.80. The number of alkyl halides is 2. The molecule has 2 rings (SSSR count). The van der Waals surface area contributed by atoms with Crippen LogP contribution < -0.4 is 4.90 Å². The Kier molecular flexibility index (Phi) is 3.59. The molecule has 0 bridgehead atoms. The quantitative estimate of drug-likeness (QED) is 0.878. The highest BCUT2D eigenvalue weighted by Crippen LogP contribution is 2.20. The predicted octanol–water partition coefficient (Wildman–Crippen LogP) is 1.82. The van der Waals surface area contributed by atoms with Gasteiger partial charge in [-0.1, -0.05) is 0 Å². The standard InChI is InChI=1S/C11H13F2N3O2/c12-10(13)8-1-2-9(14-7-8)15-3-5-16(6-4-15)11(17)18/h1-2,7,10H,3-6H2,(H,17,18). The van der Waals surface area contributed by atoms with E-state index in [-0.39, 0.29) is 5.56 Å². The SMILES string of the molecule is O=C(O)N1CCN(c2ccc(C(F)F)cn2)CC1. The monoisotopic (exact) mass is 257 g/mol. The van der Waals surface area contributed by atoms with Crippen molar-refractivity contribution in [1.82, 2.24) is 9.88 Å². The van der Waals surface area contributed by atoms with Crippen LogP contribution in [0.3, 0.4) is 0 Å². The zero-order valence-corrected chi connectivity index (χ0v) is 9.59. The van der Waals surface area contributed by atoms with Crippen molar-refractivity contribution in [3.63, 3.8) is 0 Å². The van der Waals surface area contributed by atoms with Gasteiger partial charge in [0.1, 0.15) is 5.82 Å². The summed E-state index contributed by atoms with van der Waals surface area (Å²) in [6.45, 7) is 1.84. The Bertz CT molecular complexity index is 417. The molecular weight excluding hydrogens is 244 g/mol. The minimum absolute atomic E-state index is 0.108. The Balaban J connectivity index is 1.99. The maximum Gasteiger partial charge on any atom is 0.407 e. The lowest BCUT2D eigenvalue weighted by Crippen LogP contribution is -2.48. The fraction of sp³-hybridized carbons (Fsp3) is 0.455. The fourth-order valence-electron chi connectivity index (χ4n) is 1.84. The van der Waals surface area contributed by atoms with Gasteiger partial charge in [-0.15, -0.1) is 0 Å². The van der Waals surface area contributed by atoms with E-state index in [1.165, 1.54) is 17.0 Å². The number of hydrogen-bond donors (Lipinski definition) is 1. The minimum atomic E-state index is -2.52. The molecule has 18 heavy (non-hydrogen) atoms. The molecule has 1 aliphatic rings. The van der Waals surface area contributed by atoms with Crippen LogP contribution in [0.25, 0.3) is 0 Å². The van der Waals surface area contributed by atoms with Crippen molar-refractivity contribution in [2.75, 3.05) is 31.1 Å². The smallest absolute Gasteiger partial charge is 0.407 e. The molecule has 1 saturated heterocycles. The number of anilines is 1. The lowest BCUT2D eigenvalue weighted by atomic mass is 10.2. The van der Waals surface area contributed by atoms with Crippen molar-refractivity contribution in [3.8, 4) is 0 Å². The van der Waals surface area contributed by atoms with Gasteiger partial charge >= 0.3 is 6.09 Å². The molecule has 1 aliphatic heterocycles.